The molecule has 0 fully saturated rings. The zero-order chi connectivity index (χ0) is 20.4. The van der Waals surface area contributed by atoms with Crippen molar-refractivity contribution in [2.75, 3.05) is 6.54 Å². The van der Waals surface area contributed by atoms with Gasteiger partial charge in [-0.1, -0.05) is 18.6 Å². The summed E-state index contributed by atoms with van der Waals surface area (Å²) in [5.74, 6) is -0.150. The number of unbranched alkanes of at least 4 members (excludes halogenated alkanes) is 2. The summed E-state index contributed by atoms with van der Waals surface area (Å²) in [4.78, 5) is 31.9. The molecule has 2 amide bonds. The minimum absolute atomic E-state index is 0.150. The van der Waals surface area contributed by atoms with Crippen LogP contribution >= 0.6 is 0 Å². The minimum Gasteiger partial charge on any atom is -0.444 e. The van der Waals surface area contributed by atoms with E-state index in [2.05, 4.69) is 25.8 Å². The molecule has 0 unspecified atom stereocenters. The van der Waals surface area contributed by atoms with Crippen LogP contribution in [0.2, 0.25) is 0 Å². The van der Waals surface area contributed by atoms with Gasteiger partial charge in [-0.25, -0.2) is 10.2 Å². The Hall–Kier alpha value is -3.03. The van der Waals surface area contributed by atoms with Gasteiger partial charge in [0.1, 0.15) is 5.60 Å². The van der Waals surface area contributed by atoms with Crippen LogP contribution in [0.15, 0.2) is 35.7 Å². The van der Waals surface area contributed by atoms with Gasteiger partial charge in [-0.2, -0.15) is 5.10 Å². The first-order valence-corrected chi connectivity index (χ1v) is 9.34. The number of benzene rings is 1. The second kappa shape index (κ2) is 10.3. The van der Waals surface area contributed by atoms with Crippen LogP contribution in [0, 0.1) is 0 Å². The molecule has 8 nitrogen and oxygen atoms in total. The molecule has 0 aliphatic carbocycles. The highest BCUT2D eigenvalue weighted by Crippen LogP contribution is 2.11. The second-order valence-corrected chi connectivity index (χ2v) is 7.30. The number of hydrogen-bond donors (Lipinski definition) is 2. The minimum atomic E-state index is -0.499. The van der Waals surface area contributed by atoms with E-state index in [9.17, 15) is 9.59 Å². The SMILES string of the molecule is CC(C)(C)OC(=O)NCCCCCC(=O)N/N=C\c1cccc2nccnc12. The summed E-state index contributed by atoms with van der Waals surface area (Å²) in [5.41, 5.74) is 4.33. The van der Waals surface area contributed by atoms with Crippen molar-refractivity contribution in [2.24, 2.45) is 5.10 Å². The molecule has 150 valence electrons. The molecule has 0 saturated carbocycles. The zero-order valence-electron chi connectivity index (χ0n) is 16.6. The number of aromatic nitrogens is 2. The van der Waals surface area contributed by atoms with E-state index >= 15 is 0 Å². The van der Waals surface area contributed by atoms with Crippen molar-refractivity contribution in [3.63, 3.8) is 0 Å². The third kappa shape index (κ3) is 7.69. The first-order valence-electron chi connectivity index (χ1n) is 9.34. The Morgan fingerprint density at radius 2 is 1.93 bits per heavy atom. The Morgan fingerprint density at radius 1 is 1.14 bits per heavy atom. The smallest absolute Gasteiger partial charge is 0.407 e. The number of nitrogens with one attached hydrogen (secondary N) is 2. The fourth-order valence-corrected chi connectivity index (χ4v) is 2.44. The van der Waals surface area contributed by atoms with Gasteiger partial charge >= 0.3 is 6.09 Å². The van der Waals surface area contributed by atoms with E-state index in [4.69, 9.17) is 4.74 Å². The molecule has 2 N–H and O–H groups in total. The molecule has 1 aromatic carbocycles. The van der Waals surface area contributed by atoms with Gasteiger partial charge in [0.15, 0.2) is 0 Å². The molecule has 1 aromatic heterocycles. The molecule has 0 radical (unpaired) electrons. The highest BCUT2D eigenvalue weighted by Gasteiger charge is 2.15. The summed E-state index contributed by atoms with van der Waals surface area (Å²) in [7, 11) is 0. The summed E-state index contributed by atoms with van der Waals surface area (Å²) in [6.07, 6.45) is 7.11. The van der Waals surface area contributed by atoms with Crippen LogP contribution in [-0.2, 0) is 9.53 Å². The Bertz CT molecular complexity index is 825. The average molecular weight is 385 g/mol. The number of ether oxygens (including phenoxy) is 1. The second-order valence-electron chi connectivity index (χ2n) is 7.30. The predicted molar refractivity (Wildman–Crippen MR) is 108 cm³/mol. The number of amides is 2. The lowest BCUT2D eigenvalue weighted by molar-refractivity contribution is -0.121. The van der Waals surface area contributed by atoms with Gasteiger partial charge in [0.25, 0.3) is 0 Å². The highest BCUT2D eigenvalue weighted by atomic mass is 16.6. The van der Waals surface area contributed by atoms with Crippen LogP contribution in [0.5, 0.6) is 0 Å². The third-order valence-corrected chi connectivity index (χ3v) is 3.67. The van der Waals surface area contributed by atoms with Crippen molar-refractivity contribution in [2.45, 2.75) is 52.1 Å². The fourth-order valence-electron chi connectivity index (χ4n) is 2.44. The number of hydrazone groups is 1. The Labute approximate surface area is 164 Å². The molecule has 0 bridgehead atoms. The molecule has 0 aliphatic heterocycles. The fraction of sp³-hybridized carbons (Fsp3) is 0.450. The summed E-state index contributed by atoms with van der Waals surface area (Å²) >= 11 is 0. The Morgan fingerprint density at radius 3 is 2.71 bits per heavy atom. The number of carbonyl (C=O) groups is 2. The topological polar surface area (TPSA) is 106 Å². The van der Waals surface area contributed by atoms with Crippen LogP contribution in [0.25, 0.3) is 11.0 Å². The van der Waals surface area contributed by atoms with E-state index in [1.54, 1.807) is 18.6 Å². The van der Waals surface area contributed by atoms with Gasteiger partial charge < -0.3 is 10.1 Å². The average Bonchev–Trinajstić information content (AvgIpc) is 2.63. The predicted octanol–water partition coefficient (Wildman–Crippen LogP) is 3.17. The molecule has 2 rings (SSSR count). The lowest BCUT2D eigenvalue weighted by Gasteiger charge is -2.19. The quantitative estimate of drug-likeness (QED) is 0.412. The van der Waals surface area contributed by atoms with Crippen molar-refractivity contribution in [3.8, 4) is 0 Å². The number of para-hydroxylation sites is 1. The Balaban J connectivity index is 1.63. The van der Waals surface area contributed by atoms with Gasteiger partial charge in [0.05, 0.1) is 17.2 Å². The van der Waals surface area contributed by atoms with Gasteiger partial charge in [0.2, 0.25) is 5.91 Å². The molecule has 0 aliphatic rings. The lowest BCUT2D eigenvalue weighted by atomic mass is 10.2. The summed E-state index contributed by atoms with van der Waals surface area (Å²) < 4.78 is 5.15. The van der Waals surface area contributed by atoms with Crippen molar-refractivity contribution in [1.82, 2.24) is 20.7 Å². The van der Waals surface area contributed by atoms with E-state index in [-0.39, 0.29) is 5.91 Å². The largest absolute Gasteiger partial charge is 0.444 e. The number of alkyl carbamates (subject to hydrolysis) is 1. The summed E-state index contributed by atoms with van der Waals surface area (Å²) in [6.45, 7) is 5.99. The summed E-state index contributed by atoms with van der Waals surface area (Å²) in [5, 5.41) is 6.70. The van der Waals surface area contributed by atoms with Crippen molar-refractivity contribution >= 4 is 29.2 Å². The normalized spacial score (nSPS) is 11.5. The number of fused-ring (bicyclic) bond motifs is 1. The maximum absolute atomic E-state index is 11.9. The van der Waals surface area contributed by atoms with E-state index < -0.39 is 11.7 Å². The monoisotopic (exact) mass is 385 g/mol. The summed E-state index contributed by atoms with van der Waals surface area (Å²) in [6, 6.07) is 5.60. The van der Waals surface area contributed by atoms with E-state index in [0.717, 1.165) is 35.9 Å². The van der Waals surface area contributed by atoms with Crippen LogP contribution < -0.4 is 10.7 Å². The van der Waals surface area contributed by atoms with Crippen molar-refractivity contribution in [3.05, 3.63) is 36.2 Å². The van der Waals surface area contributed by atoms with Crippen LogP contribution in [0.4, 0.5) is 4.79 Å². The van der Waals surface area contributed by atoms with E-state index in [1.807, 2.05) is 39.0 Å². The molecule has 28 heavy (non-hydrogen) atoms. The zero-order valence-corrected chi connectivity index (χ0v) is 16.6. The number of hydrogen-bond acceptors (Lipinski definition) is 6. The first-order chi connectivity index (χ1) is 13.3. The molecule has 0 spiro atoms. The molecular weight excluding hydrogens is 358 g/mol. The molecule has 8 heteroatoms. The van der Waals surface area contributed by atoms with Crippen molar-refractivity contribution < 1.29 is 14.3 Å². The first kappa shape index (κ1) is 21.3. The van der Waals surface area contributed by atoms with Crippen LogP contribution in [0.1, 0.15) is 52.0 Å². The molecule has 0 atom stereocenters. The van der Waals surface area contributed by atoms with Crippen LogP contribution in [-0.4, -0.2) is 40.3 Å². The molecule has 0 saturated heterocycles. The van der Waals surface area contributed by atoms with Gasteiger partial charge in [-0.15, -0.1) is 0 Å². The number of carbonyl (C=O) groups excluding carboxylic acids is 2. The lowest BCUT2D eigenvalue weighted by Crippen LogP contribution is -2.33. The molecule has 2 aromatic rings. The maximum Gasteiger partial charge on any atom is 0.407 e. The number of rotatable bonds is 8. The standard InChI is InChI=1S/C20H27N5O3/c1-20(2,3)28-19(27)23-11-6-4-5-10-17(26)25-24-14-15-8-7-9-16-18(15)22-13-12-21-16/h7-9,12-14H,4-6,10-11H2,1-3H3,(H,23,27)(H,25,26)/b24-14-. The van der Waals surface area contributed by atoms with Gasteiger partial charge in [-0.3, -0.25) is 14.8 Å². The maximum atomic E-state index is 11.9. The van der Waals surface area contributed by atoms with E-state index in [1.165, 1.54) is 0 Å². The number of nitrogens with zero attached hydrogens (tertiary/aromatic N) is 3. The van der Waals surface area contributed by atoms with Crippen LogP contribution in [0.3, 0.4) is 0 Å². The third-order valence-electron chi connectivity index (χ3n) is 3.67. The van der Waals surface area contributed by atoms with E-state index in [0.29, 0.717) is 13.0 Å². The Kier molecular flexibility index (Phi) is 7.86. The van der Waals surface area contributed by atoms with Gasteiger partial charge in [0, 0.05) is 30.9 Å². The van der Waals surface area contributed by atoms with Gasteiger partial charge in [-0.05, 0) is 39.7 Å². The molecular formula is C20H27N5O3. The van der Waals surface area contributed by atoms with Crippen molar-refractivity contribution in [1.29, 1.82) is 0 Å². The highest BCUT2D eigenvalue weighted by molar-refractivity contribution is 5.96. The molecule has 1 heterocycles.